The average Bonchev–Trinajstić information content (AvgIpc) is 3.63. The molecule has 0 amide bonds. The van der Waals surface area contributed by atoms with Crippen molar-refractivity contribution in [3.8, 4) is 45.1 Å². The highest BCUT2D eigenvalue weighted by Gasteiger charge is 2.23. The zero-order chi connectivity index (χ0) is 29.5. The molecule has 3 heterocycles. The quantitative estimate of drug-likeness (QED) is 0.205. The van der Waals surface area contributed by atoms with Crippen molar-refractivity contribution < 1.29 is 4.74 Å². The van der Waals surface area contributed by atoms with Gasteiger partial charge in [0.1, 0.15) is 0 Å². The molecule has 0 aliphatic carbocycles. The highest BCUT2D eigenvalue weighted by Crippen LogP contribution is 2.45. The third-order valence-electron chi connectivity index (χ3n) is 9.31. The van der Waals surface area contributed by atoms with Gasteiger partial charge in [-0.1, -0.05) is 103 Å². The van der Waals surface area contributed by atoms with Crippen LogP contribution in [0.2, 0.25) is 0 Å². The molecule has 9 aromatic rings. The van der Waals surface area contributed by atoms with Gasteiger partial charge in [0.05, 0.1) is 27.8 Å². The molecule has 2 aromatic heterocycles. The van der Waals surface area contributed by atoms with E-state index in [0.29, 0.717) is 0 Å². The van der Waals surface area contributed by atoms with E-state index in [4.69, 9.17) is 4.74 Å². The Labute approximate surface area is 259 Å². The summed E-state index contributed by atoms with van der Waals surface area (Å²) >= 11 is 0. The van der Waals surface area contributed by atoms with Gasteiger partial charge < -0.3 is 13.9 Å². The number of benzene rings is 7. The van der Waals surface area contributed by atoms with Gasteiger partial charge in [0.2, 0.25) is 0 Å². The fraction of sp³-hybridized carbons (Fsp3) is 0. The first-order chi connectivity index (χ1) is 22.3. The van der Waals surface area contributed by atoms with Crippen LogP contribution < -0.4 is 4.74 Å². The van der Waals surface area contributed by atoms with Gasteiger partial charge >= 0.3 is 0 Å². The van der Waals surface area contributed by atoms with Crippen molar-refractivity contribution in [3.63, 3.8) is 0 Å². The third kappa shape index (κ3) is 3.52. The zero-order valence-electron chi connectivity index (χ0n) is 24.3. The summed E-state index contributed by atoms with van der Waals surface area (Å²) in [6.07, 6.45) is 0. The Hall–Kier alpha value is -6.06. The lowest BCUT2D eigenvalue weighted by Gasteiger charge is -2.20. The van der Waals surface area contributed by atoms with Crippen molar-refractivity contribution >= 4 is 43.6 Å². The van der Waals surface area contributed by atoms with E-state index >= 15 is 0 Å². The fourth-order valence-corrected chi connectivity index (χ4v) is 7.28. The van der Waals surface area contributed by atoms with Crippen molar-refractivity contribution in [2.45, 2.75) is 0 Å². The molecule has 45 heavy (non-hydrogen) atoms. The second-order valence-corrected chi connectivity index (χ2v) is 11.8. The molecule has 3 nitrogen and oxygen atoms in total. The van der Waals surface area contributed by atoms with Crippen LogP contribution in [0.1, 0.15) is 0 Å². The molecule has 0 saturated heterocycles. The maximum Gasteiger partial charge on any atom is 0.152 e. The van der Waals surface area contributed by atoms with Crippen LogP contribution in [-0.4, -0.2) is 9.13 Å². The minimum atomic E-state index is 0.886. The monoisotopic (exact) mass is 574 g/mol. The number of hydrogen-bond acceptors (Lipinski definition) is 1. The fourth-order valence-electron chi connectivity index (χ4n) is 7.28. The van der Waals surface area contributed by atoms with Crippen LogP contribution in [0.15, 0.2) is 158 Å². The van der Waals surface area contributed by atoms with Crippen molar-refractivity contribution in [2.75, 3.05) is 0 Å². The van der Waals surface area contributed by atoms with Crippen molar-refractivity contribution in [3.05, 3.63) is 158 Å². The molecule has 7 aromatic carbocycles. The number of ether oxygens (including phenoxy) is 1. The molecule has 0 bridgehead atoms. The lowest BCUT2D eigenvalue weighted by Crippen LogP contribution is -2.03. The molecule has 10 rings (SSSR count). The highest BCUT2D eigenvalue weighted by atomic mass is 16.5. The minimum Gasteiger partial charge on any atom is -0.453 e. The van der Waals surface area contributed by atoms with E-state index in [1.54, 1.807) is 0 Å². The standard InChI is InChI=1S/C42H26N2O/c1-3-14-36-32(11-1)33-12-2-4-15-37(33)43(36)31-10-7-9-29(25-31)27-19-21-28(22-20-27)30-23-24-38-35(26-30)34-13-8-18-41-42(34)44(38)39-16-5-6-17-40(39)45-41/h1-26H. The Balaban J connectivity index is 1.06. The van der Waals surface area contributed by atoms with Gasteiger partial charge in [0, 0.05) is 27.2 Å². The number of fused-ring (bicyclic) bond motifs is 8. The van der Waals surface area contributed by atoms with Gasteiger partial charge in [0.15, 0.2) is 11.5 Å². The summed E-state index contributed by atoms with van der Waals surface area (Å²) in [5.41, 5.74) is 11.8. The Morgan fingerprint density at radius 1 is 0.356 bits per heavy atom. The summed E-state index contributed by atoms with van der Waals surface area (Å²) < 4.78 is 11.0. The van der Waals surface area contributed by atoms with Gasteiger partial charge in [0.25, 0.3) is 0 Å². The summed E-state index contributed by atoms with van der Waals surface area (Å²) in [5.74, 6) is 1.79. The van der Waals surface area contributed by atoms with E-state index in [9.17, 15) is 0 Å². The molecular formula is C42H26N2O. The Bertz CT molecular complexity index is 2570. The maximum absolute atomic E-state index is 6.30. The molecule has 1 aliphatic heterocycles. The van der Waals surface area contributed by atoms with E-state index in [1.807, 2.05) is 12.1 Å². The van der Waals surface area contributed by atoms with Gasteiger partial charge in [-0.2, -0.15) is 0 Å². The first-order valence-corrected chi connectivity index (χ1v) is 15.4. The predicted molar refractivity (Wildman–Crippen MR) is 186 cm³/mol. The molecule has 0 radical (unpaired) electrons. The third-order valence-corrected chi connectivity index (χ3v) is 9.31. The van der Waals surface area contributed by atoms with E-state index < -0.39 is 0 Å². The van der Waals surface area contributed by atoms with Crippen molar-refractivity contribution in [1.82, 2.24) is 9.13 Å². The number of para-hydroxylation sites is 5. The normalized spacial score (nSPS) is 12.2. The summed E-state index contributed by atoms with van der Waals surface area (Å²) in [6, 6.07) is 56.6. The Morgan fingerprint density at radius 3 is 1.71 bits per heavy atom. The largest absolute Gasteiger partial charge is 0.453 e. The summed E-state index contributed by atoms with van der Waals surface area (Å²) in [7, 11) is 0. The van der Waals surface area contributed by atoms with Crippen LogP contribution in [0.4, 0.5) is 0 Å². The van der Waals surface area contributed by atoms with E-state index in [2.05, 4.69) is 155 Å². The molecule has 0 unspecified atom stereocenters. The number of hydrogen-bond donors (Lipinski definition) is 0. The molecule has 1 aliphatic rings. The Morgan fingerprint density at radius 2 is 0.933 bits per heavy atom. The maximum atomic E-state index is 6.30. The van der Waals surface area contributed by atoms with E-state index in [1.165, 1.54) is 60.3 Å². The molecule has 210 valence electrons. The van der Waals surface area contributed by atoms with Gasteiger partial charge in [-0.3, -0.25) is 0 Å². The summed E-state index contributed by atoms with van der Waals surface area (Å²) in [4.78, 5) is 0. The van der Waals surface area contributed by atoms with Gasteiger partial charge in [-0.05, 0) is 76.9 Å². The average molecular weight is 575 g/mol. The second-order valence-electron chi connectivity index (χ2n) is 11.8. The van der Waals surface area contributed by atoms with Gasteiger partial charge in [-0.25, -0.2) is 0 Å². The summed E-state index contributed by atoms with van der Waals surface area (Å²) in [6.45, 7) is 0. The lowest BCUT2D eigenvalue weighted by molar-refractivity contribution is 0.476. The number of nitrogens with zero attached hydrogens (tertiary/aromatic N) is 2. The number of aromatic nitrogens is 2. The first kappa shape index (κ1) is 24.4. The van der Waals surface area contributed by atoms with Crippen LogP contribution in [0.25, 0.3) is 77.2 Å². The molecule has 0 saturated carbocycles. The second kappa shape index (κ2) is 9.22. The number of rotatable bonds is 3. The molecule has 0 atom stereocenters. The smallest absolute Gasteiger partial charge is 0.152 e. The Kier molecular flexibility index (Phi) is 5.00. The van der Waals surface area contributed by atoms with E-state index in [-0.39, 0.29) is 0 Å². The molecule has 3 heteroatoms. The first-order valence-electron chi connectivity index (χ1n) is 15.4. The topological polar surface area (TPSA) is 19.1 Å². The van der Waals surface area contributed by atoms with Crippen LogP contribution in [0.5, 0.6) is 11.5 Å². The molecule has 0 N–H and O–H groups in total. The van der Waals surface area contributed by atoms with Crippen LogP contribution in [0.3, 0.4) is 0 Å². The van der Waals surface area contributed by atoms with Crippen molar-refractivity contribution in [2.24, 2.45) is 0 Å². The minimum absolute atomic E-state index is 0.886. The molecular weight excluding hydrogens is 548 g/mol. The predicted octanol–water partition coefficient (Wildman–Crippen LogP) is 11.3. The van der Waals surface area contributed by atoms with Crippen LogP contribution >= 0.6 is 0 Å². The summed E-state index contributed by atoms with van der Waals surface area (Å²) in [5, 5.41) is 4.99. The molecule has 0 fully saturated rings. The SMILES string of the molecule is c1cc(-c2ccc(-c3ccc4c(c3)c3cccc5c3n4-c3ccccc3O5)cc2)cc(-n2c3ccccc3c3ccccc32)c1. The van der Waals surface area contributed by atoms with Gasteiger partial charge in [-0.15, -0.1) is 0 Å². The highest BCUT2D eigenvalue weighted by molar-refractivity contribution is 6.13. The lowest BCUT2D eigenvalue weighted by atomic mass is 9.99. The van der Waals surface area contributed by atoms with E-state index in [0.717, 1.165) is 28.4 Å². The van der Waals surface area contributed by atoms with Crippen LogP contribution in [-0.2, 0) is 0 Å². The van der Waals surface area contributed by atoms with Crippen LogP contribution in [0, 0.1) is 0 Å². The van der Waals surface area contributed by atoms with Crippen molar-refractivity contribution in [1.29, 1.82) is 0 Å². The molecule has 0 spiro atoms. The zero-order valence-corrected chi connectivity index (χ0v) is 24.3.